The number of carbonyl (C=O) groups excluding carboxylic acids is 1. The third-order valence-corrected chi connectivity index (χ3v) is 2.11. The molecule has 1 aromatic heterocycles. The molecule has 1 atom stereocenters. The van der Waals surface area contributed by atoms with E-state index in [4.69, 9.17) is 0 Å². The van der Waals surface area contributed by atoms with Gasteiger partial charge in [0, 0.05) is 12.6 Å². The molecule has 0 radical (unpaired) electrons. The number of hydrogen-bond donors (Lipinski definition) is 1. The Balaban J connectivity index is 0.000000980. The summed E-state index contributed by atoms with van der Waals surface area (Å²) in [5, 5.41) is 3.00. The van der Waals surface area contributed by atoms with Gasteiger partial charge >= 0.3 is 5.97 Å². The highest BCUT2D eigenvalue weighted by atomic mass is 35.5. The van der Waals surface area contributed by atoms with Crippen molar-refractivity contribution in [2.45, 2.75) is 12.5 Å². The molecule has 0 spiro atoms. The molecule has 0 fully saturated rings. The predicted octanol–water partition coefficient (Wildman–Crippen LogP) is 1.01. The van der Waals surface area contributed by atoms with Gasteiger partial charge in [-0.1, -0.05) is 6.07 Å². The second kappa shape index (κ2) is 4.28. The van der Waals surface area contributed by atoms with Gasteiger partial charge in [0.05, 0.1) is 7.11 Å². The third-order valence-electron chi connectivity index (χ3n) is 2.11. The highest BCUT2D eigenvalue weighted by molar-refractivity contribution is 5.85. The van der Waals surface area contributed by atoms with Crippen LogP contribution in [-0.4, -0.2) is 24.1 Å². The highest BCUT2D eigenvalue weighted by Crippen LogP contribution is 2.22. The highest BCUT2D eigenvalue weighted by Gasteiger charge is 2.27. The minimum Gasteiger partial charge on any atom is -0.467 e. The molecule has 0 aliphatic carbocycles. The van der Waals surface area contributed by atoms with Crippen LogP contribution in [0, 0.1) is 0 Å². The molecule has 1 aliphatic rings. The number of nitrogens with one attached hydrogen (secondary N) is 1. The molecule has 5 heteroatoms. The van der Waals surface area contributed by atoms with Crippen LogP contribution in [0.15, 0.2) is 18.3 Å². The van der Waals surface area contributed by atoms with E-state index in [9.17, 15) is 4.79 Å². The Morgan fingerprint density at radius 2 is 2.50 bits per heavy atom. The summed E-state index contributed by atoms with van der Waals surface area (Å²) >= 11 is 0. The summed E-state index contributed by atoms with van der Waals surface area (Å²) in [5.41, 5.74) is 1.07. The number of halogens is 1. The number of rotatable bonds is 1. The lowest BCUT2D eigenvalue weighted by Gasteiger charge is -2.06. The standard InChI is InChI=1S/C9H10N2O2.ClH/c1-13-9(12)7-5-6-3-2-4-10-8(6)11-7;/h2-4,7H,5H2,1H3,(H,10,11);1H. The minimum absolute atomic E-state index is 0. The van der Waals surface area contributed by atoms with Crippen LogP contribution in [0.1, 0.15) is 5.56 Å². The van der Waals surface area contributed by atoms with E-state index in [0.717, 1.165) is 11.4 Å². The summed E-state index contributed by atoms with van der Waals surface area (Å²) in [7, 11) is 1.39. The van der Waals surface area contributed by atoms with E-state index in [1.165, 1.54) is 7.11 Å². The van der Waals surface area contributed by atoms with Gasteiger partial charge in [0.15, 0.2) is 0 Å². The predicted molar refractivity (Wildman–Crippen MR) is 54.6 cm³/mol. The molecular weight excluding hydrogens is 204 g/mol. The van der Waals surface area contributed by atoms with E-state index in [-0.39, 0.29) is 24.4 Å². The first kappa shape index (κ1) is 10.8. The average molecular weight is 215 g/mol. The first-order chi connectivity index (χ1) is 6.31. The van der Waals surface area contributed by atoms with Gasteiger partial charge in [-0.3, -0.25) is 0 Å². The van der Waals surface area contributed by atoms with Crippen LogP contribution in [0.3, 0.4) is 0 Å². The number of nitrogens with zero attached hydrogens (tertiary/aromatic N) is 1. The van der Waals surface area contributed by atoms with E-state index in [1.807, 2.05) is 12.1 Å². The summed E-state index contributed by atoms with van der Waals surface area (Å²) in [6, 6.07) is 3.55. The second-order valence-electron chi connectivity index (χ2n) is 2.94. The quantitative estimate of drug-likeness (QED) is 0.709. The molecule has 0 saturated heterocycles. The fourth-order valence-electron chi connectivity index (χ4n) is 1.45. The zero-order valence-corrected chi connectivity index (χ0v) is 8.50. The van der Waals surface area contributed by atoms with Crippen molar-refractivity contribution >= 4 is 24.2 Å². The number of methoxy groups -OCH3 is 1. The summed E-state index contributed by atoms with van der Waals surface area (Å²) in [6.45, 7) is 0. The van der Waals surface area contributed by atoms with Gasteiger partial charge in [-0.15, -0.1) is 12.4 Å². The molecule has 1 unspecified atom stereocenters. The Morgan fingerprint density at radius 1 is 1.71 bits per heavy atom. The van der Waals surface area contributed by atoms with Crippen molar-refractivity contribution in [1.29, 1.82) is 0 Å². The lowest BCUT2D eigenvalue weighted by atomic mass is 10.1. The number of pyridine rings is 1. The molecule has 76 valence electrons. The molecule has 1 N–H and O–H groups in total. The van der Waals surface area contributed by atoms with Gasteiger partial charge in [0.2, 0.25) is 0 Å². The summed E-state index contributed by atoms with van der Waals surface area (Å²) in [5.74, 6) is 0.552. The van der Waals surface area contributed by atoms with Gasteiger partial charge in [-0.25, -0.2) is 9.78 Å². The Morgan fingerprint density at radius 3 is 3.14 bits per heavy atom. The first-order valence-corrected chi connectivity index (χ1v) is 4.09. The van der Waals surface area contributed by atoms with E-state index in [2.05, 4.69) is 15.0 Å². The van der Waals surface area contributed by atoms with Crippen molar-refractivity contribution in [2.75, 3.05) is 12.4 Å². The fourth-order valence-corrected chi connectivity index (χ4v) is 1.45. The van der Waals surface area contributed by atoms with Crippen LogP contribution in [0.2, 0.25) is 0 Å². The zero-order chi connectivity index (χ0) is 9.26. The molecule has 1 aliphatic heterocycles. The molecule has 0 amide bonds. The molecule has 14 heavy (non-hydrogen) atoms. The number of anilines is 1. The molecule has 0 aromatic carbocycles. The van der Waals surface area contributed by atoms with E-state index in [0.29, 0.717) is 6.42 Å². The van der Waals surface area contributed by atoms with Crippen molar-refractivity contribution in [1.82, 2.24) is 4.98 Å². The molecule has 0 bridgehead atoms. The lowest BCUT2D eigenvalue weighted by Crippen LogP contribution is -2.28. The molecule has 2 heterocycles. The van der Waals surface area contributed by atoms with Gasteiger partial charge in [0.1, 0.15) is 11.9 Å². The third kappa shape index (κ3) is 1.80. The van der Waals surface area contributed by atoms with Gasteiger partial charge in [0.25, 0.3) is 0 Å². The van der Waals surface area contributed by atoms with Crippen molar-refractivity contribution < 1.29 is 9.53 Å². The number of carbonyl (C=O) groups is 1. The second-order valence-corrected chi connectivity index (χ2v) is 2.94. The number of aromatic nitrogens is 1. The maximum atomic E-state index is 11.2. The summed E-state index contributed by atoms with van der Waals surface area (Å²) < 4.78 is 4.64. The fraction of sp³-hybridized carbons (Fsp3) is 0.333. The number of hydrogen-bond acceptors (Lipinski definition) is 4. The molecule has 2 rings (SSSR count). The first-order valence-electron chi connectivity index (χ1n) is 4.09. The average Bonchev–Trinajstić information content (AvgIpc) is 2.59. The van der Waals surface area contributed by atoms with Crippen LogP contribution in [0.4, 0.5) is 5.82 Å². The van der Waals surface area contributed by atoms with Crippen molar-refractivity contribution in [3.8, 4) is 0 Å². The maximum absolute atomic E-state index is 11.2. The summed E-state index contributed by atoms with van der Waals surface area (Å²) in [4.78, 5) is 15.3. The minimum atomic E-state index is -0.269. The van der Waals surface area contributed by atoms with E-state index in [1.54, 1.807) is 6.20 Å². The Labute approximate surface area is 88.1 Å². The molecular formula is C9H11ClN2O2. The topological polar surface area (TPSA) is 51.2 Å². The van der Waals surface area contributed by atoms with E-state index < -0.39 is 0 Å². The van der Waals surface area contributed by atoms with Crippen molar-refractivity contribution in [3.05, 3.63) is 23.9 Å². The SMILES string of the molecule is COC(=O)C1Cc2cccnc2N1.Cl. The summed E-state index contributed by atoms with van der Waals surface area (Å²) in [6.07, 6.45) is 2.36. The number of esters is 1. The maximum Gasteiger partial charge on any atom is 0.328 e. The number of fused-ring (bicyclic) bond motifs is 1. The molecule has 4 nitrogen and oxygen atoms in total. The normalized spacial score (nSPS) is 17.6. The largest absolute Gasteiger partial charge is 0.467 e. The van der Waals surface area contributed by atoms with Crippen LogP contribution < -0.4 is 5.32 Å². The molecule has 1 aromatic rings. The molecule has 0 saturated carbocycles. The number of ether oxygens (including phenoxy) is 1. The Kier molecular flexibility index (Phi) is 3.30. The van der Waals surface area contributed by atoms with Gasteiger partial charge in [-0.05, 0) is 11.6 Å². The monoisotopic (exact) mass is 214 g/mol. The van der Waals surface area contributed by atoms with Crippen LogP contribution >= 0.6 is 12.4 Å². The van der Waals surface area contributed by atoms with Crippen LogP contribution in [0.25, 0.3) is 0 Å². The Hall–Kier alpha value is -1.29. The van der Waals surface area contributed by atoms with Crippen molar-refractivity contribution in [2.24, 2.45) is 0 Å². The Bertz CT molecular complexity index is 318. The van der Waals surface area contributed by atoms with Gasteiger partial charge in [-0.2, -0.15) is 0 Å². The van der Waals surface area contributed by atoms with Crippen LogP contribution in [0.5, 0.6) is 0 Å². The lowest BCUT2D eigenvalue weighted by molar-refractivity contribution is -0.141. The van der Waals surface area contributed by atoms with Crippen LogP contribution in [-0.2, 0) is 16.0 Å². The zero-order valence-electron chi connectivity index (χ0n) is 7.69. The smallest absolute Gasteiger partial charge is 0.328 e. The van der Waals surface area contributed by atoms with Crippen molar-refractivity contribution in [3.63, 3.8) is 0 Å². The van der Waals surface area contributed by atoms with Gasteiger partial charge < -0.3 is 10.1 Å². The van der Waals surface area contributed by atoms with E-state index >= 15 is 0 Å².